The summed E-state index contributed by atoms with van der Waals surface area (Å²) in [7, 11) is 0. The molecule has 0 aromatic rings. The second kappa shape index (κ2) is 1.56. The van der Waals surface area contributed by atoms with Gasteiger partial charge in [-0.3, -0.25) is 4.79 Å². The first-order chi connectivity index (χ1) is 4.40. The maximum absolute atomic E-state index is 10.3. The maximum atomic E-state index is 10.3. The van der Waals surface area contributed by atoms with Gasteiger partial charge in [-0.1, -0.05) is 18.2 Å². The van der Waals surface area contributed by atoms with Crippen LogP contribution in [0.5, 0.6) is 0 Å². The third kappa shape index (κ3) is 0.576. The number of allylic oxidation sites excluding steroid dienone is 4. The lowest BCUT2D eigenvalue weighted by Gasteiger charge is -1.98. The highest BCUT2D eigenvalue weighted by molar-refractivity contribution is 5.76. The van der Waals surface area contributed by atoms with Gasteiger partial charge in [0.05, 0.1) is 0 Å². The molecule has 0 spiro atoms. The van der Waals surface area contributed by atoms with Crippen LogP contribution in [0.1, 0.15) is 6.42 Å². The molecule has 9 heavy (non-hydrogen) atoms. The van der Waals surface area contributed by atoms with Gasteiger partial charge in [-0.05, 0) is 17.9 Å². The van der Waals surface area contributed by atoms with E-state index in [-0.39, 0.29) is 0 Å². The van der Waals surface area contributed by atoms with Crippen LogP contribution >= 0.6 is 0 Å². The second-order valence-corrected chi connectivity index (χ2v) is 2.68. The summed E-state index contributed by atoms with van der Waals surface area (Å²) in [5.74, 6) is 1.04. The molecule has 2 atom stereocenters. The molecule has 0 aromatic heterocycles. The summed E-state index contributed by atoms with van der Waals surface area (Å²) in [6.45, 7) is 0. The van der Waals surface area contributed by atoms with Crippen molar-refractivity contribution in [3.05, 3.63) is 23.8 Å². The van der Waals surface area contributed by atoms with Gasteiger partial charge in [0.1, 0.15) is 6.29 Å². The Morgan fingerprint density at radius 2 is 2.44 bits per heavy atom. The van der Waals surface area contributed by atoms with Gasteiger partial charge in [0, 0.05) is 5.92 Å². The lowest BCUT2D eigenvalue weighted by Crippen LogP contribution is -1.93. The molecule has 1 heteroatoms. The summed E-state index contributed by atoms with van der Waals surface area (Å²) in [5, 5.41) is 0. The van der Waals surface area contributed by atoms with Crippen LogP contribution in [0.4, 0.5) is 0 Å². The van der Waals surface area contributed by atoms with Gasteiger partial charge < -0.3 is 0 Å². The van der Waals surface area contributed by atoms with Crippen molar-refractivity contribution >= 4 is 6.29 Å². The van der Waals surface area contributed by atoms with Crippen molar-refractivity contribution in [2.75, 3.05) is 0 Å². The van der Waals surface area contributed by atoms with Crippen LogP contribution in [-0.4, -0.2) is 6.29 Å². The summed E-state index contributed by atoms with van der Waals surface area (Å²) in [6, 6.07) is 0. The average molecular weight is 120 g/mol. The van der Waals surface area contributed by atoms with E-state index in [1.807, 2.05) is 0 Å². The molecule has 46 valence electrons. The zero-order chi connectivity index (χ0) is 6.27. The minimum Gasteiger partial charge on any atom is -0.298 e. The topological polar surface area (TPSA) is 17.1 Å². The van der Waals surface area contributed by atoms with E-state index in [9.17, 15) is 4.79 Å². The first-order valence-corrected chi connectivity index (χ1v) is 3.25. The summed E-state index contributed by atoms with van der Waals surface area (Å²) in [5.41, 5.74) is 0.988. The summed E-state index contributed by atoms with van der Waals surface area (Å²) < 4.78 is 0. The summed E-state index contributed by atoms with van der Waals surface area (Å²) >= 11 is 0. The van der Waals surface area contributed by atoms with Crippen molar-refractivity contribution < 1.29 is 4.79 Å². The molecular formula is C8H8O. The number of hydrogen-bond donors (Lipinski definition) is 0. The number of carbonyl (C=O) groups excluding carboxylic acids is 1. The van der Waals surface area contributed by atoms with Gasteiger partial charge in [0.25, 0.3) is 0 Å². The van der Waals surface area contributed by atoms with E-state index < -0.39 is 0 Å². The average Bonchev–Trinajstić information content (AvgIpc) is 2.45. The van der Waals surface area contributed by atoms with Gasteiger partial charge in [-0.15, -0.1) is 0 Å². The van der Waals surface area contributed by atoms with Crippen LogP contribution in [-0.2, 0) is 4.79 Å². The highest BCUT2D eigenvalue weighted by atomic mass is 16.1. The molecule has 0 fully saturated rings. The Hall–Kier alpha value is -0.850. The predicted molar refractivity (Wildman–Crippen MR) is 34.9 cm³/mol. The first-order valence-electron chi connectivity index (χ1n) is 3.25. The lowest BCUT2D eigenvalue weighted by molar-refractivity contribution is -0.105. The Kier molecular flexibility index (Phi) is 0.865. The Morgan fingerprint density at radius 1 is 1.56 bits per heavy atom. The molecule has 2 aliphatic rings. The highest BCUT2D eigenvalue weighted by Crippen LogP contribution is 2.36. The highest BCUT2D eigenvalue weighted by Gasteiger charge is 2.26. The van der Waals surface area contributed by atoms with Crippen LogP contribution in [0.15, 0.2) is 23.8 Å². The van der Waals surface area contributed by atoms with E-state index in [2.05, 4.69) is 18.2 Å². The van der Waals surface area contributed by atoms with Crippen molar-refractivity contribution in [3.8, 4) is 0 Å². The summed E-state index contributed by atoms with van der Waals surface area (Å²) in [4.78, 5) is 10.3. The van der Waals surface area contributed by atoms with Gasteiger partial charge >= 0.3 is 0 Å². The van der Waals surface area contributed by atoms with E-state index in [1.165, 1.54) is 0 Å². The molecule has 0 N–H and O–H groups in total. The smallest absolute Gasteiger partial charge is 0.146 e. The Bertz CT molecular complexity index is 201. The Morgan fingerprint density at radius 3 is 2.78 bits per heavy atom. The first kappa shape index (κ1) is 4.98. The van der Waals surface area contributed by atoms with Gasteiger partial charge in [0.2, 0.25) is 0 Å². The van der Waals surface area contributed by atoms with Crippen molar-refractivity contribution in [1.82, 2.24) is 0 Å². The number of carbonyl (C=O) groups is 1. The Labute approximate surface area is 54.1 Å². The van der Waals surface area contributed by atoms with E-state index in [0.717, 1.165) is 18.3 Å². The molecule has 0 radical (unpaired) electrons. The SMILES string of the molecule is O=CC1=C[C@H]2C=C[C@@H]1C2. The van der Waals surface area contributed by atoms with Crippen LogP contribution in [0.25, 0.3) is 0 Å². The normalized spacial score (nSPS) is 37.1. The minimum atomic E-state index is 0.465. The fourth-order valence-electron chi connectivity index (χ4n) is 1.60. The molecule has 0 heterocycles. The Balaban J connectivity index is 2.32. The molecule has 1 nitrogen and oxygen atoms in total. The van der Waals surface area contributed by atoms with Gasteiger partial charge in [-0.2, -0.15) is 0 Å². The minimum absolute atomic E-state index is 0.465. The van der Waals surface area contributed by atoms with Crippen LogP contribution in [0.2, 0.25) is 0 Å². The number of hydrogen-bond acceptors (Lipinski definition) is 1. The zero-order valence-electron chi connectivity index (χ0n) is 5.08. The van der Waals surface area contributed by atoms with E-state index >= 15 is 0 Å². The molecule has 2 rings (SSSR count). The van der Waals surface area contributed by atoms with E-state index in [4.69, 9.17) is 0 Å². The standard InChI is InChI=1S/C8H8O/c9-5-8-4-6-1-2-7(8)3-6/h1-2,4-7H,3H2/t6-,7+/m0/s1. The number of fused-ring (bicyclic) bond motifs is 2. The van der Waals surface area contributed by atoms with Crippen molar-refractivity contribution in [1.29, 1.82) is 0 Å². The summed E-state index contributed by atoms with van der Waals surface area (Å²) in [6.07, 6.45) is 8.51. The molecular weight excluding hydrogens is 112 g/mol. The third-order valence-corrected chi connectivity index (χ3v) is 2.09. The molecule has 0 unspecified atom stereocenters. The molecule has 0 aliphatic heterocycles. The van der Waals surface area contributed by atoms with E-state index in [0.29, 0.717) is 11.8 Å². The molecule has 0 aromatic carbocycles. The molecule has 0 saturated carbocycles. The largest absolute Gasteiger partial charge is 0.298 e. The zero-order valence-corrected chi connectivity index (χ0v) is 5.08. The van der Waals surface area contributed by atoms with Crippen LogP contribution in [0.3, 0.4) is 0 Å². The molecule has 0 amide bonds. The van der Waals surface area contributed by atoms with Crippen molar-refractivity contribution in [2.45, 2.75) is 6.42 Å². The monoisotopic (exact) mass is 120 g/mol. The van der Waals surface area contributed by atoms with Gasteiger partial charge in [-0.25, -0.2) is 0 Å². The van der Waals surface area contributed by atoms with E-state index in [1.54, 1.807) is 0 Å². The molecule has 2 bridgehead atoms. The van der Waals surface area contributed by atoms with Gasteiger partial charge in [0.15, 0.2) is 0 Å². The van der Waals surface area contributed by atoms with Crippen molar-refractivity contribution in [3.63, 3.8) is 0 Å². The predicted octanol–water partition coefficient (Wildman–Crippen LogP) is 1.32. The van der Waals surface area contributed by atoms with Crippen LogP contribution in [0, 0.1) is 11.8 Å². The maximum Gasteiger partial charge on any atom is 0.146 e. The fraction of sp³-hybridized carbons (Fsp3) is 0.375. The molecule has 2 aliphatic carbocycles. The number of aldehydes is 1. The quantitative estimate of drug-likeness (QED) is 0.376. The third-order valence-electron chi connectivity index (χ3n) is 2.09. The fourth-order valence-corrected chi connectivity index (χ4v) is 1.60. The lowest BCUT2D eigenvalue weighted by atomic mass is 10.1. The van der Waals surface area contributed by atoms with Crippen LogP contribution < -0.4 is 0 Å². The number of rotatable bonds is 1. The van der Waals surface area contributed by atoms with Crippen molar-refractivity contribution in [2.24, 2.45) is 11.8 Å². The molecule has 0 saturated heterocycles. The second-order valence-electron chi connectivity index (χ2n) is 2.68.